The van der Waals surface area contributed by atoms with Crippen LogP contribution in [0.4, 0.5) is 31.7 Å². The van der Waals surface area contributed by atoms with Crippen LogP contribution in [-0.2, 0) is 10.0 Å². The molecule has 7 nitrogen and oxygen atoms in total. The van der Waals surface area contributed by atoms with Crippen molar-refractivity contribution in [2.75, 3.05) is 35.1 Å². The Bertz CT molecular complexity index is 1150. The number of hydrogen-bond donors (Lipinski definition) is 3. The molecule has 164 valence electrons. The molecule has 1 aliphatic rings. The average Bonchev–Trinajstić information content (AvgIpc) is 3.42. The highest BCUT2D eigenvalue weighted by atomic mass is 32.2. The lowest BCUT2D eigenvalue weighted by Gasteiger charge is -2.23. The molecule has 0 aliphatic carbocycles. The Labute approximate surface area is 183 Å². The van der Waals surface area contributed by atoms with Gasteiger partial charge in [-0.25, -0.2) is 22.2 Å². The number of nitrogens with one attached hydrogen (secondary N) is 3. The van der Waals surface area contributed by atoms with Crippen molar-refractivity contribution in [3.05, 3.63) is 58.9 Å². The van der Waals surface area contributed by atoms with Crippen molar-refractivity contribution in [3.8, 4) is 0 Å². The molecule has 0 spiro atoms. The molecular formula is C20H21F2N5O2S2. The van der Waals surface area contributed by atoms with Gasteiger partial charge in [-0.2, -0.15) is 0 Å². The van der Waals surface area contributed by atoms with Gasteiger partial charge in [0.05, 0.1) is 21.8 Å². The van der Waals surface area contributed by atoms with Crippen molar-refractivity contribution in [3.63, 3.8) is 0 Å². The molecule has 0 bridgehead atoms. The number of halogens is 2. The molecule has 1 saturated heterocycles. The first-order chi connectivity index (χ1) is 14.9. The van der Waals surface area contributed by atoms with Gasteiger partial charge < -0.3 is 15.5 Å². The minimum Gasteiger partial charge on any atom is -0.368 e. The van der Waals surface area contributed by atoms with Crippen molar-refractivity contribution in [1.29, 1.82) is 0 Å². The van der Waals surface area contributed by atoms with Crippen molar-refractivity contribution in [1.82, 2.24) is 10.3 Å². The van der Waals surface area contributed by atoms with Crippen LogP contribution in [0.3, 0.4) is 0 Å². The highest BCUT2D eigenvalue weighted by molar-refractivity contribution is 7.92. The lowest BCUT2D eigenvalue weighted by atomic mass is 10.2. The number of benzene rings is 2. The maximum Gasteiger partial charge on any atom is 0.263 e. The van der Waals surface area contributed by atoms with Crippen LogP contribution in [0.2, 0.25) is 0 Å². The molecule has 31 heavy (non-hydrogen) atoms. The molecule has 3 aromatic rings. The molecule has 1 atom stereocenters. The lowest BCUT2D eigenvalue weighted by Crippen LogP contribution is -2.29. The van der Waals surface area contributed by atoms with E-state index < -0.39 is 32.2 Å². The summed E-state index contributed by atoms with van der Waals surface area (Å²) in [6.07, 6.45) is 0.964. The van der Waals surface area contributed by atoms with Crippen molar-refractivity contribution in [2.24, 2.45) is 0 Å². The molecule has 11 heteroatoms. The number of aromatic nitrogens is 1. The Morgan fingerprint density at radius 2 is 1.94 bits per heavy atom. The summed E-state index contributed by atoms with van der Waals surface area (Å²) in [7, 11) is -2.27. The summed E-state index contributed by atoms with van der Waals surface area (Å²) in [5.41, 5.74) is 2.39. The summed E-state index contributed by atoms with van der Waals surface area (Å²) < 4.78 is 56.7. The van der Waals surface area contributed by atoms with E-state index in [1.807, 2.05) is 19.2 Å². The largest absolute Gasteiger partial charge is 0.368 e. The van der Waals surface area contributed by atoms with Crippen LogP contribution in [-0.4, -0.2) is 39.6 Å². The second-order valence-corrected chi connectivity index (χ2v) is 9.50. The monoisotopic (exact) mass is 465 g/mol. The second-order valence-electron chi connectivity index (χ2n) is 7.10. The van der Waals surface area contributed by atoms with Crippen LogP contribution in [0.5, 0.6) is 0 Å². The van der Waals surface area contributed by atoms with Gasteiger partial charge in [0.25, 0.3) is 10.0 Å². The zero-order chi connectivity index (χ0) is 22.0. The highest BCUT2D eigenvalue weighted by Crippen LogP contribution is 2.34. The van der Waals surface area contributed by atoms with Gasteiger partial charge in [-0.3, -0.25) is 4.72 Å². The zero-order valence-corrected chi connectivity index (χ0v) is 18.2. The summed E-state index contributed by atoms with van der Waals surface area (Å²) in [5.74, 6) is -1.93. The fraction of sp³-hybridized carbons (Fsp3) is 0.250. The van der Waals surface area contributed by atoms with Gasteiger partial charge in [-0.15, -0.1) is 11.3 Å². The van der Waals surface area contributed by atoms with Crippen LogP contribution in [0.15, 0.2) is 52.2 Å². The molecule has 0 radical (unpaired) electrons. The van der Waals surface area contributed by atoms with E-state index in [1.165, 1.54) is 22.2 Å². The first-order valence-electron chi connectivity index (χ1n) is 9.55. The number of nitrogens with zero attached hydrogens (tertiary/aromatic N) is 2. The van der Waals surface area contributed by atoms with Gasteiger partial charge >= 0.3 is 0 Å². The molecule has 1 unspecified atom stereocenters. The second kappa shape index (κ2) is 8.77. The summed E-state index contributed by atoms with van der Waals surface area (Å²) in [6.45, 7) is 1.59. The van der Waals surface area contributed by atoms with Crippen LogP contribution in [0.25, 0.3) is 0 Å². The molecule has 4 rings (SSSR count). The zero-order valence-electron chi connectivity index (χ0n) is 16.6. The first-order valence-corrected chi connectivity index (χ1v) is 12.0. The maximum absolute atomic E-state index is 14.8. The van der Waals surface area contributed by atoms with Gasteiger partial charge in [-0.05, 0) is 37.7 Å². The molecule has 2 heterocycles. The third kappa shape index (κ3) is 4.63. The van der Waals surface area contributed by atoms with Gasteiger partial charge in [-0.1, -0.05) is 12.1 Å². The lowest BCUT2D eigenvalue weighted by molar-refractivity contribution is 0.574. The van der Waals surface area contributed by atoms with Crippen LogP contribution < -0.4 is 20.3 Å². The maximum atomic E-state index is 14.8. The van der Waals surface area contributed by atoms with E-state index in [9.17, 15) is 17.2 Å². The number of rotatable bonds is 7. The molecular weight excluding hydrogens is 444 g/mol. The van der Waals surface area contributed by atoms with Crippen LogP contribution in [0, 0.1) is 11.6 Å². The molecule has 1 aliphatic heterocycles. The standard InChI is InChI=1S/C20H21F2N5O2S2/c1-23-13-6-7-27(10-13)18-5-3-2-4-17(18)25-20-15(21)8-14(9-16(20)22)31(28,29)26-19-11-30-12-24-19/h2-5,8-9,11-13,23,25-26H,6-7,10H2,1H3. The third-order valence-corrected chi connectivity index (χ3v) is 7.02. The molecule has 1 fully saturated rings. The van der Waals surface area contributed by atoms with E-state index in [0.29, 0.717) is 11.7 Å². The summed E-state index contributed by atoms with van der Waals surface area (Å²) in [6, 6.07) is 9.16. The average molecular weight is 466 g/mol. The SMILES string of the molecule is CNC1CCN(c2ccccc2Nc2c(F)cc(S(=O)(=O)Nc3cscn3)cc2F)C1. The van der Waals surface area contributed by atoms with Crippen molar-refractivity contribution >= 4 is 44.2 Å². The smallest absolute Gasteiger partial charge is 0.263 e. The van der Waals surface area contributed by atoms with Crippen LogP contribution >= 0.6 is 11.3 Å². The Kier molecular flexibility index (Phi) is 6.08. The highest BCUT2D eigenvalue weighted by Gasteiger charge is 2.25. The van der Waals surface area contributed by atoms with E-state index in [-0.39, 0.29) is 5.82 Å². The third-order valence-electron chi connectivity index (χ3n) is 5.10. The van der Waals surface area contributed by atoms with E-state index in [4.69, 9.17) is 0 Å². The van der Waals surface area contributed by atoms with Crippen molar-refractivity contribution < 1.29 is 17.2 Å². The molecule has 0 saturated carbocycles. The fourth-order valence-electron chi connectivity index (χ4n) is 3.49. The first kappa shape index (κ1) is 21.5. The normalized spacial score (nSPS) is 16.5. The number of sulfonamides is 1. The summed E-state index contributed by atoms with van der Waals surface area (Å²) in [4.78, 5) is 5.44. The van der Waals surface area contributed by atoms with Gasteiger partial charge in [0.15, 0.2) is 17.5 Å². The Morgan fingerprint density at radius 3 is 2.58 bits per heavy atom. The minimum absolute atomic E-state index is 0.0902. The molecule has 2 aromatic carbocycles. The molecule has 3 N–H and O–H groups in total. The van der Waals surface area contributed by atoms with E-state index >= 15 is 0 Å². The van der Waals surface area contributed by atoms with Crippen LogP contribution in [0.1, 0.15) is 6.42 Å². The number of para-hydroxylation sites is 2. The van der Waals surface area contributed by atoms with Gasteiger partial charge in [0.1, 0.15) is 5.69 Å². The Morgan fingerprint density at radius 1 is 1.19 bits per heavy atom. The number of likely N-dealkylation sites (N-methyl/N-ethyl adjacent to an activating group) is 1. The molecule has 0 amide bonds. The topological polar surface area (TPSA) is 86.4 Å². The predicted octanol–water partition coefficient (Wildman–Crippen LogP) is 3.76. The molecule has 1 aromatic heterocycles. The number of hydrogen-bond acceptors (Lipinski definition) is 7. The minimum atomic E-state index is -4.18. The van der Waals surface area contributed by atoms with E-state index in [2.05, 4.69) is 25.2 Å². The summed E-state index contributed by atoms with van der Waals surface area (Å²) in [5, 5.41) is 7.52. The Hall–Kier alpha value is -2.76. The predicted molar refractivity (Wildman–Crippen MR) is 119 cm³/mol. The van der Waals surface area contributed by atoms with E-state index in [1.54, 1.807) is 12.1 Å². The quantitative estimate of drug-likeness (QED) is 0.493. The number of anilines is 4. The van der Waals surface area contributed by atoms with E-state index in [0.717, 1.165) is 37.3 Å². The fourth-order valence-corrected chi connectivity index (χ4v) is 5.07. The number of thiazole rings is 1. The summed E-state index contributed by atoms with van der Waals surface area (Å²) >= 11 is 1.19. The van der Waals surface area contributed by atoms with Crippen molar-refractivity contribution in [2.45, 2.75) is 17.4 Å². The van der Waals surface area contributed by atoms with Gasteiger partial charge in [0, 0.05) is 24.5 Å². The van der Waals surface area contributed by atoms with Gasteiger partial charge in [0.2, 0.25) is 0 Å². The Balaban J connectivity index is 1.61.